The molecule has 2 heterocycles. The molecule has 5 heteroatoms. The van der Waals surface area contributed by atoms with E-state index in [0.717, 1.165) is 29.4 Å². The lowest BCUT2D eigenvalue weighted by atomic mass is 9.89. The van der Waals surface area contributed by atoms with Gasteiger partial charge in [-0.1, -0.05) is 26.8 Å². The summed E-state index contributed by atoms with van der Waals surface area (Å²) in [5.41, 5.74) is 8.43. The first-order valence-corrected chi connectivity index (χ1v) is 7.62. The quantitative estimate of drug-likeness (QED) is 0.656. The van der Waals surface area contributed by atoms with Gasteiger partial charge in [0.2, 0.25) is 11.6 Å². The minimum atomic E-state index is -0.691. The largest absolute Gasteiger partial charge is 0.375 e. The summed E-state index contributed by atoms with van der Waals surface area (Å²) in [7, 11) is 0. The summed E-state index contributed by atoms with van der Waals surface area (Å²) in [5.74, 6) is -0.691. The fourth-order valence-electron chi connectivity index (χ4n) is 2.33. The number of nitrogens with two attached hydrogens (primary N) is 1. The van der Waals surface area contributed by atoms with Crippen LogP contribution in [0.15, 0.2) is 30.2 Å². The lowest BCUT2D eigenvalue weighted by Gasteiger charge is -2.17. The number of rotatable bonds is 5. The van der Waals surface area contributed by atoms with E-state index in [2.05, 4.69) is 41.7 Å². The molecule has 0 saturated heterocycles. The predicted octanol–water partition coefficient (Wildman–Crippen LogP) is 3.37. The van der Waals surface area contributed by atoms with Gasteiger partial charge in [-0.2, -0.15) is 0 Å². The first-order valence-electron chi connectivity index (χ1n) is 7.62. The van der Waals surface area contributed by atoms with Crippen molar-refractivity contribution in [3.05, 3.63) is 52.8 Å². The van der Waals surface area contributed by atoms with Gasteiger partial charge in [-0.3, -0.25) is 4.79 Å². The van der Waals surface area contributed by atoms with Crippen molar-refractivity contribution in [1.29, 1.82) is 0 Å². The second-order valence-electron chi connectivity index (χ2n) is 6.88. The Labute approximate surface area is 136 Å². The minimum absolute atomic E-state index is 0.0313. The third kappa shape index (κ3) is 4.43. The van der Waals surface area contributed by atoms with Crippen LogP contribution in [0.5, 0.6) is 0 Å². The van der Waals surface area contributed by atoms with Crippen molar-refractivity contribution >= 4 is 16.9 Å². The standard InChI is InChI=1S/C18H22N4O/c1-18(2,3)8-7-12-9-14-13(11-22-17(14)21-10-12)5-6-15(20-4)16(19)23/h6,9-11H,5,7-8H2,1-3H3,(H2,19,23)(H,21,22)/b15-6-. The van der Waals surface area contributed by atoms with Gasteiger partial charge in [0, 0.05) is 17.8 Å². The van der Waals surface area contributed by atoms with Gasteiger partial charge in [-0.25, -0.2) is 9.83 Å². The molecule has 0 aliphatic rings. The highest BCUT2D eigenvalue weighted by molar-refractivity contribution is 5.93. The number of carbonyl (C=O) groups is 1. The number of aromatic nitrogens is 2. The molecule has 0 fully saturated rings. The summed E-state index contributed by atoms with van der Waals surface area (Å²) >= 11 is 0. The molecule has 0 bridgehead atoms. The second kappa shape index (κ2) is 6.66. The fraction of sp³-hybridized carbons (Fsp3) is 0.389. The summed E-state index contributed by atoms with van der Waals surface area (Å²) in [6.45, 7) is 13.6. The first-order chi connectivity index (χ1) is 10.8. The van der Waals surface area contributed by atoms with Crippen LogP contribution in [-0.2, 0) is 17.6 Å². The Morgan fingerprint density at radius 3 is 2.83 bits per heavy atom. The van der Waals surface area contributed by atoms with E-state index in [1.54, 1.807) is 6.08 Å². The van der Waals surface area contributed by atoms with Gasteiger partial charge in [0.15, 0.2) is 0 Å². The zero-order valence-electron chi connectivity index (χ0n) is 13.8. The highest BCUT2D eigenvalue weighted by Gasteiger charge is 2.12. The Balaban J connectivity index is 2.25. The van der Waals surface area contributed by atoms with Crippen LogP contribution in [0, 0.1) is 12.0 Å². The third-order valence-electron chi connectivity index (χ3n) is 3.73. The van der Waals surface area contributed by atoms with E-state index in [9.17, 15) is 4.79 Å². The molecule has 0 saturated carbocycles. The van der Waals surface area contributed by atoms with Gasteiger partial charge in [0.05, 0.1) is 6.57 Å². The Hall–Kier alpha value is -2.61. The van der Waals surface area contributed by atoms with Crippen LogP contribution in [0.25, 0.3) is 15.9 Å². The summed E-state index contributed by atoms with van der Waals surface area (Å²) in [5, 5.41) is 1.03. The highest BCUT2D eigenvalue weighted by atomic mass is 16.1. The Morgan fingerprint density at radius 1 is 1.48 bits per heavy atom. The van der Waals surface area contributed by atoms with Gasteiger partial charge in [-0.05, 0) is 41.9 Å². The molecule has 3 N–H and O–H groups in total. The number of nitrogens with zero attached hydrogens (tertiary/aromatic N) is 2. The van der Waals surface area contributed by atoms with Gasteiger partial charge in [0.1, 0.15) is 5.65 Å². The average molecular weight is 310 g/mol. The molecule has 0 atom stereocenters. The average Bonchev–Trinajstić information content (AvgIpc) is 2.87. The van der Waals surface area contributed by atoms with E-state index in [-0.39, 0.29) is 11.1 Å². The lowest BCUT2D eigenvalue weighted by Crippen LogP contribution is -2.11. The molecule has 0 aliphatic heterocycles. The minimum Gasteiger partial charge on any atom is -0.375 e. The summed E-state index contributed by atoms with van der Waals surface area (Å²) < 4.78 is 0. The number of fused-ring (bicyclic) bond motifs is 1. The van der Waals surface area contributed by atoms with E-state index in [1.807, 2.05) is 12.4 Å². The lowest BCUT2D eigenvalue weighted by molar-refractivity contribution is -0.114. The molecule has 0 aliphatic carbocycles. The van der Waals surface area contributed by atoms with Crippen LogP contribution in [0.2, 0.25) is 0 Å². The zero-order valence-corrected chi connectivity index (χ0v) is 13.8. The van der Waals surface area contributed by atoms with Crippen molar-refractivity contribution in [3.8, 4) is 0 Å². The smallest absolute Gasteiger partial charge is 0.247 e. The number of aromatic amines is 1. The van der Waals surface area contributed by atoms with E-state index >= 15 is 0 Å². The number of H-pyrrole nitrogens is 1. The number of hydrogen-bond donors (Lipinski definition) is 2. The first kappa shape index (κ1) is 16.8. The van der Waals surface area contributed by atoms with Crippen LogP contribution in [0.3, 0.4) is 0 Å². The summed E-state index contributed by atoms with van der Waals surface area (Å²) in [6, 6.07) is 2.13. The molecule has 2 aromatic heterocycles. The number of carbonyl (C=O) groups excluding carboxylic acids is 1. The molecule has 0 radical (unpaired) electrons. The molecule has 0 aromatic carbocycles. The molecule has 2 rings (SSSR count). The van der Waals surface area contributed by atoms with Gasteiger partial charge in [-0.15, -0.1) is 0 Å². The Bertz CT molecular complexity index is 787. The van der Waals surface area contributed by atoms with Crippen molar-refractivity contribution in [2.45, 2.75) is 40.0 Å². The number of aryl methyl sites for hydroxylation is 1. The zero-order chi connectivity index (χ0) is 17.0. The van der Waals surface area contributed by atoms with E-state index < -0.39 is 5.91 Å². The highest BCUT2D eigenvalue weighted by Crippen LogP contribution is 2.24. The third-order valence-corrected chi connectivity index (χ3v) is 3.73. The molecule has 120 valence electrons. The van der Waals surface area contributed by atoms with E-state index in [4.69, 9.17) is 12.3 Å². The van der Waals surface area contributed by atoms with Crippen LogP contribution in [0.1, 0.15) is 38.3 Å². The molecule has 0 spiro atoms. The van der Waals surface area contributed by atoms with Gasteiger partial charge in [0.25, 0.3) is 0 Å². The molecule has 23 heavy (non-hydrogen) atoms. The van der Waals surface area contributed by atoms with Crippen molar-refractivity contribution < 1.29 is 4.79 Å². The molecule has 1 amide bonds. The maximum absolute atomic E-state index is 11.1. The maximum atomic E-state index is 11.1. The predicted molar refractivity (Wildman–Crippen MR) is 91.5 cm³/mol. The number of nitrogens with one attached hydrogen (secondary N) is 1. The number of primary amides is 1. The van der Waals surface area contributed by atoms with Crippen molar-refractivity contribution in [3.63, 3.8) is 0 Å². The van der Waals surface area contributed by atoms with Crippen molar-refractivity contribution in [2.24, 2.45) is 11.1 Å². The molecular formula is C18H22N4O. The van der Waals surface area contributed by atoms with Crippen LogP contribution in [-0.4, -0.2) is 15.9 Å². The second-order valence-corrected chi connectivity index (χ2v) is 6.88. The summed E-state index contributed by atoms with van der Waals surface area (Å²) in [4.78, 5) is 21.8. The van der Waals surface area contributed by atoms with E-state index in [1.165, 1.54) is 5.56 Å². The maximum Gasteiger partial charge on any atom is 0.247 e. The summed E-state index contributed by atoms with van der Waals surface area (Å²) in [6.07, 6.45) is 7.87. The monoisotopic (exact) mass is 310 g/mol. The van der Waals surface area contributed by atoms with Crippen LogP contribution >= 0.6 is 0 Å². The molecule has 0 unspecified atom stereocenters. The SMILES string of the molecule is [C-]#[N+]/C(=C\Cc1c[nH]c2ncc(CCC(C)(C)C)cc12)C(N)=O. The topological polar surface area (TPSA) is 76.1 Å². The number of hydrogen-bond acceptors (Lipinski definition) is 2. The molecule has 2 aromatic rings. The number of allylic oxidation sites excluding steroid dienone is 1. The van der Waals surface area contributed by atoms with Crippen molar-refractivity contribution in [2.75, 3.05) is 0 Å². The fourth-order valence-corrected chi connectivity index (χ4v) is 2.33. The van der Waals surface area contributed by atoms with Gasteiger partial charge < -0.3 is 10.7 Å². The Kier molecular flexibility index (Phi) is 4.85. The molecular weight excluding hydrogens is 288 g/mol. The van der Waals surface area contributed by atoms with Crippen LogP contribution in [0.4, 0.5) is 0 Å². The number of pyridine rings is 1. The van der Waals surface area contributed by atoms with Crippen molar-refractivity contribution in [1.82, 2.24) is 9.97 Å². The van der Waals surface area contributed by atoms with Gasteiger partial charge >= 0.3 is 0 Å². The normalized spacial score (nSPS) is 12.3. The van der Waals surface area contributed by atoms with E-state index in [0.29, 0.717) is 6.42 Å². The molecule has 5 nitrogen and oxygen atoms in total. The number of amides is 1. The Morgan fingerprint density at radius 2 is 2.22 bits per heavy atom. The van der Waals surface area contributed by atoms with Crippen LogP contribution < -0.4 is 5.73 Å².